The van der Waals surface area contributed by atoms with Crippen molar-refractivity contribution in [2.45, 2.75) is 69.7 Å². The molecule has 2 bridgehead atoms. The predicted octanol–water partition coefficient (Wildman–Crippen LogP) is 6.13. The van der Waals surface area contributed by atoms with Gasteiger partial charge in [-0.2, -0.15) is 0 Å². The molecule has 5 heterocycles. The molecule has 4 aromatic rings. The Kier molecular flexibility index (Phi) is 9.83. The Balaban J connectivity index is 1.09. The number of rotatable bonds is 5. The van der Waals surface area contributed by atoms with Gasteiger partial charge in [0.15, 0.2) is 0 Å². The van der Waals surface area contributed by atoms with Gasteiger partial charge in [-0.05, 0) is 61.6 Å². The molecular formula is C37H43N7O6. The molecule has 0 saturated carbocycles. The maximum Gasteiger partial charge on any atom is 0.410 e. The van der Waals surface area contributed by atoms with Crippen LogP contribution in [0.1, 0.15) is 74.4 Å². The van der Waals surface area contributed by atoms with Crippen LogP contribution >= 0.6 is 0 Å². The van der Waals surface area contributed by atoms with Crippen LogP contribution in [0.5, 0.6) is 0 Å². The van der Waals surface area contributed by atoms with E-state index in [0.717, 1.165) is 89.5 Å². The van der Waals surface area contributed by atoms with Crippen molar-refractivity contribution in [3.63, 3.8) is 0 Å². The largest absolute Gasteiger partial charge is 0.453 e. The number of aromatic amines is 2. The highest BCUT2D eigenvalue weighted by Crippen LogP contribution is 2.36. The first-order valence-corrected chi connectivity index (χ1v) is 17.4. The zero-order valence-electron chi connectivity index (χ0n) is 28.4. The van der Waals surface area contributed by atoms with Crippen LogP contribution < -0.4 is 5.32 Å². The van der Waals surface area contributed by atoms with Crippen molar-refractivity contribution in [2.24, 2.45) is 0 Å². The summed E-state index contributed by atoms with van der Waals surface area (Å²) < 4.78 is 15.8. The number of likely N-dealkylation sites (tertiary alicyclic amines) is 1. The van der Waals surface area contributed by atoms with Crippen LogP contribution in [0.2, 0.25) is 0 Å². The van der Waals surface area contributed by atoms with Gasteiger partial charge in [-0.25, -0.2) is 19.6 Å². The fourth-order valence-electron chi connectivity index (χ4n) is 7.33. The van der Waals surface area contributed by atoms with Crippen molar-refractivity contribution >= 4 is 18.1 Å². The third-order valence-electron chi connectivity index (χ3n) is 9.96. The van der Waals surface area contributed by atoms with E-state index in [4.69, 9.17) is 19.2 Å². The zero-order chi connectivity index (χ0) is 34.6. The summed E-state index contributed by atoms with van der Waals surface area (Å²) in [5.41, 5.74) is 6.69. The van der Waals surface area contributed by atoms with E-state index >= 15 is 0 Å². The summed E-state index contributed by atoms with van der Waals surface area (Å²) in [4.78, 5) is 58.0. The van der Waals surface area contributed by atoms with Crippen LogP contribution in [0.25, 0.3) is 33.6 Å². The van der Waals surface area contributed by atoms with E-state index in [-0.39, 0.29) is 24.1 Å². The fraction of sp³-hybridized carbons (Fsp3) is 0.432. The average molecular weight is 682 g/mol. The molecule has 50 heavy (non-hydrogen) atoms. The number of carbonyl (C=O) groups is 3. The first-order chi connectivity index (χ1) is 24.4. The van der Waals surface area contributed by atoms with Crippen molar-refractivity contribution in [1.29, 1.82) is 0 Å². The van der Waals surface area contributed by atoms with E-state index < -0.39 is 12.1 Å². The topological polar surface area (TPSA) is 155 Å². The zero-order valence-corrected chi connectivity index (χ0v) is 28.4. The molecule has 3 aliphatic heterocycles. The second-order valence-corrected chi connectivity index (χ2v) is 13.0. The molecule has 262 valence electrons. The van der Waals surface area contributed by atoms with Gasteiger partial charge in [0.2, 0.25) is 5.91 Å². The number of benzene rings is 2. The number of amides is 3. The molecule has 0 radical (unpaired) electrons. The molecule has 0 unspecified atom stereocenters. The molecule has 2 aromatic heterocycles. The van der Waals surface area contributed by atoms with Crippen LogP contribution in [-0.2, 0) is 25.6 Å². The van der Waals surface area contributed by atoms with Crippen molar-refractivity contribution in [3.05, 3.63) is 72.1 Å². The lowest BCUT2D eigenvalue weighted by molar-refractivity contribution is -0.134. The minimum Gasteiger partial charge on any atom is -0.453 e. The first-order valence-electron chi connectivity index (χ1n) is 17.4. The Bertz CT molecular complexity index is 1820. The predicted molar refractivity (Wildman–Crippen MR) is 185 cm³/mol. The fourth-order valence-corrected chi connectivity index (χ4v) is 7.33. The Hall–Kier alpha value is -5.17. The number of hydrogen-bond acceptors (Lipinski definition) is 8. The van der Waals surface area contributed by atoms with Gasteiger partial charge in [-0.3, -0.25) is 9.69 Å². The minimum atomic E-state index is -0.660. The Morgan fingerprint density at radius 1 is 0.820 bits per heavy atom. The minimum absolute atomic E-state index is 0.111. The Morgan fingerprint density at radius 2 is 1.52 bits per heavy atom. The summed E-state index contributed by atoms with van der Waals surface area (Å²) in [7, 11) is 2.71. The molecule has 2 saturated heterocycles. The molecule has 7 rings (SSSR count). The maximum atomic E-state index is 13.7. The van der Waals surface area contributed by atoms with Gasteiger partial charge in [0.25, 0.3) is 0 Å². The number of carbonyl (C=O) groups excluding carboxylic acids is 3. The highest BCUT2D eigenvalue weighted by atomic mass is 16.5. The summed E-state index contributed by atoms with van der Waals surface area (Å²) in [6.07, 6.45) is 6.29. The molecule has 0 aliphatic carbocycles. The maximum absolute atomic E-state index is 13.7. The second-order valence-electron chi connectivity index (χ2n) is 13.0. The van der Waals surface area contributed by atoms with Crippen LogP contribution in [-0.4, -0.2) is 87.8 Å². The van der Waals surface area contributed by atoms with Gasteiger partial charge < -0.3 is 34.4 Å². The average Bonchev–Trinajstić information content (AvgIpc) is 3.98. The molecule has 13 nitrogen and oxygen atoms in total. The van der Waals surface area contributed by atoms with Crippen LogP contribution in [0, 0.1) is 0 Å². The number of nitrogens with one attached hydrogen (secondary N) is 3. The van der Waals surface area contributed by atoms with Gasteiger partial charge in [0.1, 0.15) is 17.7 Å². The third-order valence-corrected chi connectivity index (χ3v) is 9.96. The first kappa shape index (κ1) is 33.3. The molecule has 3 amide bonds. The highest BCUT2D eigenvalue weighted by Gasteiger charge is 2.37. The number of alkyl carbamates (subject to hydrolysis) is 1. The van der Waals surface area contributed by atoms with Gasteiger partial charge in [0.05, 0.1) is 56.2 Å². The van der Waals surface area contributed by atoms with E-state index in [2.05, 4.69) is 68.8 Å². The van der Waals surface area contributed by atoms with Crippen LogP contribution in [0.4, 0.5) is 9.59 Å². The van der Waals surface area contributed by atoms with Crippen LogP contribution in [0.3, 0.4) is 0 Å². The molecule has 3 aliphatic rings. The van der Waals surface area contributed by atoms with Crippen molar-refractivity contribution < 1.29 is 28.6 Å². The van der Waals surface area contributed by atoms with E-state index in [1.807, 2.05) is 11.1 Å². The van der Waals surface area contributed by atoms with Crippen molar-refractivity contribution in [1.82, 2.24) is 35.1 Å². The summed E-state index contributed by atoms with van der Waals surface area (Å²) in [6, 6.07) is 15.6. The number of fused-ring (bicyclic) bond motifs is 4. The molecular weight excluding hydrogens is 638 g/mol. The van der Waals surface area contributed by atoms with E-state index in [9.17, 15) is 14.4 Å². The van der Waals surface area contributed by atoms with Crippen molar-refractivity contribution in [2.75, 3.05) is 33.9 Å². The van der Waals surface area contributed by atoms with E-state index in [1.54, 1.807) is 4.90 Å². The molecule has 3 atom stereocenters. The molecule has 0 spiro atoms. The standard InChI is InChI=1S/C37H43N7O6/c1-48-36(46)41-27-7-3-4-20-50-22-29-32(42-34(40-29)31-9-5-18-43(31)35(27)45)26-16-12-24(13-17-26)23-10-14-25(15-11-23)28-21-38-33(39-28)30-8-6-19-44(30)37(47)49-2/h10-17,21,27,30-31H,3-9,18-20,22H2,1-2H3,(H,38,39)(H,40,42)(H,41,46)/t27-,30-,31-/m0/s1. The summed E-state index contributed by atoms with van der Waals surface area (Å²) in [5.74, 6) is 1.39. The lowest BCUT2D eigenvalue weighted by Gasteiger charge is -2.28. The quantitative estimate of drug-likeness (QED) is 0.228. The van der Waals surface area contributed by atoms with Gasteiger partial charge in [0, 0.05) is 25.3 Å². The number of aromatic nitrogens is 4. The molecule has 13 heteroatoms. The number of hydrogen-bond donors (Lipinski definition) is 3. The van der Waals surface area contributed by atoms with Crippen molar-refractivity contribution in [3.8, 4) is 33.6 Å². The van der Waals surface area contributed by atoms with E-state index in [0.29, 0.717) is 32.7 Å². The Labute approximate surface area is 290 Å². The normalized spacial score (nSPS) is 21.2. The number of imidazole rings is 2. The summed E-state index contributed by atoms with van der Waals surface area (Å²) >= 11 is 0. The smallest absolute Gasteiger partial charge is 0.410 e. The van der Waals surface area contributed by atoms with Gasteiger partial charge >= 0.3 is 12.2 Å². The van der Waals surface area contributed by atoms with E-state index in [1.165, 1.54) is 14.2 Å². The summed E-state index contributed by atoms with van der Waals surface area (Å²) in [5, 5.41) is 2.74. The second kappa shape index (κ2) is 14.8. The SMILES string of the molecule is COC(=O)N[C@H]1CCCCOCc2[nH]c(nc2-c2ccc(-c3ccc(-c4cnc([C@@H]5CCCN5C(=O)OC)[nH]4)cc3)cc2)[C@@H]2CCCN2C1=O. The summed E-state index contributed by atoms with van der Waals surface area (Å²) in [6.45, 7) is 2.18. The van der Waals surface area contributed by atoms with Crippen LogP contribution in [0.15, 0.2) is 54.7 Å². The Morgan fingerprint density at radius 3 is 2.26 bits per heavy atom. The highest BCUT2D eigenvalue weighted by molar-refractivity contribution is 5.86. The number of H-pyrrole nitrogens is 2. The molecule has 2 aromatic carbocycles. The molecule has 2 fully saturated rings. The number of nitrogens with zero attached hydrogens (tertiary/aromatic N) is 4. The van der Waals surface area contributed by atoms with Gasteiger partial charge in [-0.1, -0.05) is 48.5 Å². The lowest BCUT2D eigenvalue weighted by Crippen LogP contribution is -2.48. The van der Waals surface area contributed by atoms with Gasteiger partial charge in [-0.15, -0.1) is 0 Å². The molecule has 3 N–H and O–H groups in total. The third kappa shape index (κ3) is 6.82. The monoisotopic (exact) mass is 681 g/mol. The number of ether oxygens (including phenoxy) is 3. The lowest BCUT2D eigenvalue weighted by atomic mass is 10.0. The number of methoxy groups -OCH3 is 2.